The maximum atomic E-state index is 13.6. The van der Waals surface area contributed by atoms with Gasteiger partial charge in [-0.25, -0.2) is 8.78 Å². The normalized spacial score (nSPS) is 11.5. The zero-order valence-corrected chi connectivity index (χ0v) is 11.4. The van der Waals surface area contributed by atoms with Crippen LogP contribution < -0.4 is 10.6 Å². The number of anilines is 1. The lowest BCUT2D eigenvalue weighted by atomic mass is 10.1. The highest BCUT2D eigenvalue weighted by molar-refractivity contribution is 5.97. The van der Waals surface area contributed by atoms with E-state index in [2.05, 4.69) is 5.16 Å². The van der Waals surface area contributed by atoms with Gasteiger partial charge in [0.05, 0.1) is 0 Å². The second-order valence-corrected chi connectivity index (χ2v) is 4.62. The first-order chi connectivity index (χ1) is 10.0. The summed E-state index contributed by atoms with van der Waals surface area (Å²) in [6, 6.07) is 10.3. The first kappa shape index (κ1) is 14.8. The Morgan fingerprint density at radius 1 is 1.19 bits per heavy atom. The van der Waals surface area contributed by atoms with Gasteiger partial charge in [-0.15, -0.1) is 0 Å². The predicted molar refractivity (Wildman–Crippen MR) is 77.4 cm³/mol. The fourth-order valence-corrected chi connectivity index (χ4v) is 1.96. The summed E-state index contributed by atoms with van der Waals surface area (Å²) in [6.07, 6.45) is 0. The molecule has 4 nitrogen and oxygen atoms in total. The van der Waals surface area contributed by atoms with E-state index in [0.717, 1.165) is 17.8 Å². The molecule has 0 unspecified atom stereocenters. The van der Waals surface area contributed by atoms with Crippen molar-refractivity contribution >= 4 is 11.5 Å². The van der Waals surface area contributed by atoms with Gasteiger partial charge in [0.15, 0.2) is 5.84 Å². The molecule has 2 aromatic carbocycles. The van der Waals surface area contributed by atoms with Crippen molar-refractivity contribution in [3.8, 4) is 0 Å². The van der Waals surface area contributed by atoms with Crippen molar-refractivity contribution in [1.29, 1.82) is 0 Å². The van der Waals surface area contributed by atoms with Gasteiger partial charge in [-0.1, -0.05) is 5.16 Å². The van der Waals surface area contributed by atoms with Crippen LogP contribution in [0.25, 0.3) is 0 Å². The third-order valence-electron chi connectivity index (χ3n) is 3.13. The number of hydrogen-bond donors (Lipinski definition) is 2. The highest BCUT2D eigenvalue weighted by atomic mass is 19.1. The van der Waals surface area contributed by atoms with Gasteiger partial charge in [0.2, 0.25) is 0 Å². The average Bonchev–Trinajstić information content (AvgIpc) is 2.50. The summed E-state index contributed by atoms with van der Waals surface area (Å²) in [7, 11) is 1.77. The number of nitrogens with two attached hydrogens (primary N) is 1. The highest BCUT2D eigenvalue weighted by Gasteiger charge is 2.08. The van der Waals surface area contributed by atoms with Gasteiger partial charge in [0, 0.05) is 30.4 Å². The molecule has 0 bridgehead atoms. The number of amidine groups is 1. The number of halogens is 2. The molecular formula is C15H15F2N3O. The summed E-state index contributed by atoms with van der Waals surface area (Å²) in [4.78, 5) is 1.77. The molecule has 0 heterocycles. The van der Waals surface area contributed by atoms with Crippen LogP contribution in [0.5, 0.6) is 0 Å². The maximum absolute atomic E-state index is 13.6. The van der Waals surface area contributed by atoms with Crippen LogP contribution in [0.1, 0.15) is 11.1 Å². The Hall–Kier alpha value is -2.63. The van der Waals surface area contributed by atoms with Crippen LogP contribution in [0.3, 0.4) is 0 Å². The van der Waals surface area contributed by atoms with E-state index < -0.39 is 11.6 Å². The lowest BCUT2D eigenvalue weighted by Crippen LogP contribution is -2.18. The Labute approximate surface area is 121 Å². The minimum absolute atomic E-state index is 0.0142. The second-order valence-electron chi connectivity index (χ2n) is 4.62. The lowest BCUT2D eigenvalue weighted by molar-refractivity contribution is 0.318. The lowest BCUT2D eigenvalue weighted by Gasteiger charge is -2.20. The van der Waals surface area contributed by atoms with Gasteiger partial charge in [-0.2, -0.15) is 0 Å². The van der Waals surface area contributed by atoms with Crippen LogP contribution in [0, 0.1) is 11.6 Å². The van der Waals surface area contributed by atoms with Crippen molar-refractivity contribution in [2.75, 3.05) is 11.9 Å². The fourth-order valence-electron chi connectivity index (χ4n) is 1.96. The number of nitrogens with zero attached hydrogens (tertiary/aromatic N) is 2. The van der Waals surface area contributed by atoms with E-state index in [1.807, 2.05) is 0 Å². The highest BCUT2D eigenvalue weighted by Crippen LogP contribution is 2.18. The topological polar surface area (TPSA) is 61.8 Å². The van der Waals surface area contributed by atoms with Crippen LogP contribution in [0.15, 0.2) is 47.6 Å². The fraction of sp³-hybridized carbons (Fsp3) is 0.133. The van der Waals surface area contributed by atoms with Gasteiger partial charge >= 0.3 is 0 Å². The first-order valence-corrected chi connectivity index (χ1v) is 6.24. The number of hydrogen-bond acceptors (Lipinski definition) is 3. The van der Waals surface area contributed by atoms with Crippen LogP contribution in [-0.2, 0) is 6.54 Å². The molecule has 0 saturated heterocycles. The van der Waals surface area contributed by atoms with Crippen molar-refractivity contribution in [1.82, 2.24) is 0 Å². The van der Waals surface area contributed by atoms with E-state index in [1.165, 1.54) is 6.07 Å². The zero-order valence-electron chi connectivity index (χ0n) is 11.4. The molecular weight excluding hydrogens is 276 g/mol. The summed E-state index contributed by atoms with van der Waals surface area (Å²) >= 11 is 0. The predicted octanol–water partition coefficient (Wildman–Crippen LogP) is 2.70. The summed E-state index contributed by atoms with van der Waals surface area (Å²) in [5.74, 6) is -0.904. The average molecular weight is 291 g/mol. The largest absolute Gasteiger partial charge is 0.409 e. The minimum Gasteiger partial charge on any atom is -0.409 e. The molecule has 6 heteroatoms. The van der Waals surface area contributed by atoms with Crippen molar-refractivity contribution in [3.05, 3.63) is 65.2 Å². The van der Waals surface area contributed by atoms with E-state index >= 15 is 0 Å². The summed E-state index contributed by atoms with van der Waals surface area (Å²) in [5.41, 5.74) is 7.13. The SMILES string of the molecule is CN(Cc1cc(F)ccc1F)c1ccc(/C(N)=N/O)cc1. The molecule has 0 aliphatic rings. The molecule has 0 aromatic heterocycles. The maximum Gasteiger partial charge on any atom is 0.170 e. The molecule has 0 amide bonds. The summed E-state index contributed by atoms with van der Waals surface area (Å²) in [5, 5.41) is 11.5. The van der Waals surface area contributed by atoms with Crippen LogP contribution in [-0.4, -0.2) is 18.1 Å². The van der Waals surface area contributed by atoms with Gasteiger partial charge in [0.25, 0.3) is 0 Å². The quantitative estimate of drug-likeness (QED) is 0.394. The third kappa shape index (κ3) is 3.47. The zero-order chi connectivity index (χ0) is 15.4. The van der Waals surface area contributed by atoms with Crippen molar-refractivity contribution in [3.63, 3.8) is 0 Å². The van der Waals surface area contributed by atoms with Crippen molar-refractivity contribution in [2.45, 2.75) is 6.54 Å². The molecule has 0 spiro atoms. The van der Waals surface area contributed by atoms with Gasteiger partial charge < -0.3 is 15.8 Å². The molecule has 2 rings (SSSR count). The Bertz CT molecular complexity index is 656. The molecule has 0 fully saturated rings. The van der Waals surface area contributed by atoms with E-state index in [4.69, 9.17) is 10.9 Å². The Morgan fingerprint density at radius 3 is 2.48 bits per heavy atom. The minimum atomic E-state index is -0.470. The molecule has 0 atom stereocenters. The van der Waals surface area contributed by atoms with Crippen molar-refractivity contribution in [2.24, 2.45) is 10.9 Å². The Kier molecular flexibility index (Phi) is 4.37. The van der Waals surface area contributed by atoms with Crippen LogP contribution >= 0.6 is 0 Å². The Morgan fingerprint density at radius 2 is 1.86 bits per heavy atom. The monoisotopic (exact) mass is 291 g/mol. The second kappa shape index (κ2) is 6.21. The number of benzene rings is 2. The molecule has 0 radical (unpaired) electrons. The molecule has 110 valence electrons. The molecule has 0 aliphatic heterocycles. The van der Waals surface area contributed by atoms with E-state index in [-0.39, 0.29) is 17.9 Å². The molecule has 0 saturated carbocycles. The van der Waals surface area contributed by atoms with Gasteiger partial charge in [0.1, 0.15) is 11.6 Å². The van der Waals surface area contributed by atoms with Gasteiger partial charge in [-0.3, -0.25) is 0 Å². The smallest absolute Gasteiger partial charge is 0.170 e. The van der Waals surface area contributed by atoms with E-state index in [1.54, 1.807) is 36.2 Å². The van der Waals surface area contributed by atoms with Crippen LogP contribution in [0.2, 0.25) is 0 Å². The molecule has 21 heavy (non-hydrogen) atoms. The van der Waals surface area contributed by atoms with Crippen LogP contribution in [0.4, 0.5) is 14.5 Å². The summed E-state index contributed by atoms with van der Waals surface area (Å²) in [6.45, 7) is 0.229. The van der Waals surface area contributed by atoms with E-state index in [9.17, 15) is 8.78 Å². The van der Waals surface area contributed by atoms with Crippen molar-refractivity contribution < 1.29 is 14.0 Å². The Balaban J connectivity index is 2.16. The third-order valence-corrected chi connectivity index (χ3v) is 3.13. The van der Waals surface area contributed by atoms with Gasteiger partial charge in [-0.05, 0) is 42.5 Å². The summed E-state index contributed by atoms with van der Waals surface area (Å²) < 4.78 is 26.8. The molecule has 3 N–H and O–H groups in total. The standard InChI is InChI=1S/C15H15F2N3O/c1-20(9-11-8-12(16)4-7-14(11)17)13-5-2-10(3-6-13)15(18)19-21/h2-8,21H,9H2,1H3,(H2,18,19). The molecule has 0 aliphatic carbocycles. The number of oxime groups is 1. The molecule has 2 aromatic rings. The first-order valence-electron chi connectivity index (χ1n) is 6.24. The van der Waals surface area contributed by atoms with E-state index in [0.29, 0.717) is 5.56 Å². The number of rotatable bonds is 4.